The molecule has 2 aromatic heterocycles. The lowest BCUT2D eigenvalue weighted by molar-refractivity contribution is 0.102. The average Bonchev–Trinajstić information content (AvgIpc) is 3.01. The Kier molecular flexibility index (Phi) is 4.28. The van der Waals surface area contributed by atoms with Crippen molar-refractivity contribution >= 4 is 45.3 Å². The van der Waals surface area contributed by atoms with Gasteiger partial charge < -0.3 is 0 Å². The SMILES string of the molecule is CC(C)c1sc(Cl)nc1C(=O)Nc1nc2c(s1)CCCC2. The van der Waals surface area contributed by atoms with Crippen molar-refractivity contribution in [2.24, 2.45) is 0 Å². The first-order chi connectivity index (χ1) is 10.0. The van der Waals surface area contributed by atoms with Crippen LogP contribution in [-0.2, 0) is 12.8 Å². The number of thiazole rings is 2. The highest BCUT2D eigenvalue weighted by atomic mass is 35.5. The van der Waals surface area contributed by atoms with Crippen LogP contribution in [0.4, 0.5) is 5.13 Å². The molecule has 0 radical (unpaired) electrons. The number of carbonyl (C=O) groups is 1. The molecule has 0 spiro atoms. The third kappa shape index (κ3) is 3.12. The third-order valence-electron chi connectivity index (χ3n) is 3.43. The number of aryl methyl sites for hydroxylation is 2. The monoisotopic (exact) mass is 341 g/mol. The zero-order valence-corrected chi connectivity index (χ0v) is 14.3. The summed E-state index contributed by atoms with van der Waals surface area (Å²) in [6, 6.07) is 0. The first-order valence-electron chi connectivity index (χ1n) is 7.00. The smallest absolute Gasteiger partial charge is 0.277 e. The number of hydrogen-bond acceptors (Lipinski definition) is 5. The molecule has 0 unspecified atom stereocenters. The lowest BCUT2D eigenvalue weighted by Gasteiger charge is -2.06. The number of nitrogens with zero attached hydrogens (tertiary/aromatic N) is 2. The van der Waals surface area contributed by atoms with E-state index in [1.807, 2.05) is 13.8 Å². The summed E-state index contributed by atoms with van der Waals surface area (Å²) in [5, 5.41) is 3.55. The molecular weight excluding hydrogens is 326 g/mol. The fourth-order valence-electron chi connectivity index (χ4n) is 2.42. The topological polar surface area (TPSA) is 54.9 Å². The van der Waals surface area contributed by atoms with Crippen LogP contribution in [0.1, 0.15) is 58.5 Å². The molecule has 0 bridgehead atoms. The molecule has 2 aromatic rings. The predicted octanol–water partition coefficient (Wildman–Crippen LogP) is 4.51. The summed E-state index contributed by atoms with van der Waals surface area (Å²) < 4.78 is 0.405. The number of rotatable bonds is 3. The Morgan fingerprint density at radius 1 is 1.24 bits per heavy atom. The van der Waals surface area contributed by atoms with Crippen LogP contribution in [0.3, 0.4) is 0 Å². The summed E-state index contributed by atoms with van der Waals surface area (Å²) in [5.41, 5.74) is 1.56. The van der Waals surface area contributed by atoms with Crippen molar-refractivity contribution in [3.63, 3.8) is 0 Å². The Morgan fingerprint density at radius 3 is 2.71 bits per heavy atom. The Hall–Kier alpha value is -0.980. The first kappa shape index (κ1) is 14.9. The summed E-state index contributed by atoms with van der Waals surface area (Å²) >= 11 is 8.90. The van der Waals surface area contributed by atoms with Crippen LogP contribution in [0.2, 0.25) is 4.47 Å². The zero-order chi connectivity index (χ0) is 15.0. The quantitative estimate of drug-likeness (QED) is 0.893. The maximum atomic E-state index is 12.4. The van der Waals surface area contributed by atoms with Crippen molar-refractivity contribution in [2.75, 3.05) is 5.32 Å². The molecule has 4 nitrogen and oxygen atoms in total. The molecule has 0 atom stereocenters. The normalized spacial score (nSPS) is 14.3. The van der Waals surface area contributed by atoms with E-state index in [1.54, 1.807) is 11.3 Å². The van der Waals surface area contributed by atoms with E-state index in [4.69, 9.17) is 11.6 Å². The number of nitrogens with one attached hydrogen (secondary N) is 1. The van der Waals surface area contributed by atoms with E-state index in [9.17, 15) is 4.79 Å². The zero-order valence-electron chi connectivity index (χ0n) is 11.9. The number of aromatic nitrogens is 2. The fraction of sp³-hybridized carbons (Fsp3) is 0.500. The van der Waals surface area contributed by atoms with Gasteiger partial charge in [0.1, 0.15) is 5.69 Å². The highest BCUT2D eigenvalue weighted by molar-refractivity contribution is 7.16. The van der Waals surface area contributed by atoms with Crippen molar-refractivity contribution in [1.29, 1.82) is 0 Å². The van der Waals surface area contributed by atoms with Crippen molar-refractivity contribution in [2.45, 2.75) is 45.4 Å². The van der Waals surface area contributed by atoms with Gasteiger partial charge in [-0.1, -0.05) is 25.4 Å². The van der Waals surface area contributed by atoms with Crippen LogP contribution in [0.5, 0.6) is 0 Å². The first-order valence-corrected chi connectivity index (χ1v) is 9.02. The number of hydrogen-bond donors (Lipinski definition) is 1. The Morgan fingerprint density at radius 2 is 2.00 bits per heavy atom. The second kappa shape index (κ2) is 6.02. The molecule has 1 aliphatic carbocycles. The lowest BCUT2D eigenvalue weighted by atomic mass is 10.0. The fourth-order valence-corrected chi connectivity index (χ4v) is 4.59. The van der Waals surface area contributed by atoms with E-state index < -0.39 is 0 Å². The van der Waals surface area contributed by atoms with Crippen molar-refractivity contribution in [1.82, 2.24) is 9.97 Å². The summed E-state index contributed by atoms with van der Waals surface area (Å²) in [7, 11) is 0. The van der Waals surface area contributed by atoms with Crippen molar-refractivity contribution < 1.29 is 4.79 Å². The molecule has 0 saturated carbocycles. The van der Waals surface area contributed by atoms with Gasteiger partial charge in [0.25, 0.3) is 5.91 Å². The highest BCUT2D eigenvalue weighted by Crippen LogP contribution is 2.32. The second-order valence-electron chi connectivity index (χ2n) is 5.38. The highest BCUT2D eigenvalue weighted by Gasteiger charge is 2.22. The molecule has 0 saturated heterocycles. The van der Waals surface area contributed by atoms with Gasteiger partial charge in [0.2, 0.25) is 0 Å². The second-order valence-corrected chi connectivity index (χ2v) is 8.08. The maximum Gasteiger partial charge on any atom is 0.277 e. The minimum atomic E-state index is -0.215. The molecule has 21 heavy (non-hydrogen) atoms. The van der Waals surface area contributed by atoms with E-state index in [1.165, 1.54) is 29.1 Å². The molecule has 0 aliphatic heterocycles. The van der Waals surface area contributed by atoms with Gasteiger partial charge in [0.05, 0.1) is 5.69 Å². The number of amides is 1. The van der Waals surface area contributed by atoms with E-state index >= 15 is 0 Å². The number of halogens is 1. The molecule has 7 heteroatoms. The van der Waals surface area contributed by atoms with E-state index in [-0.39, 0.29) is 11.8 Å². The predicted molar refractivity (Wildman–Crippen MR) is 87.9 cm³/mol. The molecule has 0 fully saturated rings. The summed E-state index contributed by atoms with van der Waals surface area (Å²) in [6.45, 7) is 4.06. The number of anilines is 1. The van der Waals surface area contributed by atoms with Gasteiger partial charge in [-0.05, 0) is 31.6 Å². The minimum absolute atomic E-state index is 0.215. The van der Waals surface area contributed by atoms with Crippen molar-refractivity contribution in [3.8, 4) is 0 Å². The molecule has 0 aromatic carbocycles. The van der Waals surface area contributed by atoms with Crippen LogP contribution < -0.4 is 5.32 Å². The molecule has 2 heterocycles. The molecule has 3 rings (SSSR count). The molecule has 1 amide bonds. The lowest BCUT2D eigenvalue weighted by Crippen LogP contribution is -2.14. The number of carbonyl (C=O) groups excluding carboxylic acids is 1. The van der Waals surface area contributed by atoms with Gasteiger partial charge in [0.15, 0.2) is 9.60 Å². The molecular formula is C14H16ClN3OS2. The van der Waals surface area contributed by atoms with Gasteiger partial charge in [-0.15, -0.1) is 22.7 Å². The minimum Gasteiger partial charge on any atom is -0.296 e. The largest absolute Gasteiger partial charge is 0.296 e. The van der Waals surface area contributed by atoms with E-state index in [0.29, 0.717) is 15.3 Å². The summed E-state index contributed by atoms with van der Waals surface area (Å²) in [6.07, 6.45) is 4.48. The molecule has 1 N–H and O–H groups in total. The Bertz CT molecular complexity index is 654. The van der Waals surface area contributed by atoms with Crippen LogP contribution in [0, 0.1) is 0 Å². The Labute approximate surface area is 136 Å². The van der Waals surface area contributed by atoms with Crippen LogP contribution >= 0.6 is 34.3 Å². The summed E-state index contributed by atoms with van der Waals surface area (Å²) in [4.78, 5) is 23.3. The van der Waals surface area contributed by atoms with Gasteiger partial charge >= 0.3 is 0 Å². The van der Waals surface area contributed by atoms with Gasteiger partial charge in [-0.3, -0.25) is 10.1 Å². The van der Waals surface area contributed by atoms with Gasteiger partial charge in [-0.2, -0.15) is 0 Å². The molecule has 1 aliphatic rings. The van der Waals surface area contributed by atoms with Gasteiger partial charge in [0, 0.05) is 9.75 Å². The van der Waals surface area contributed by atoms with Crippen LogP contribution in [0.15, 0.2) is 0 Å². The summed E-state index contributed by atoms with van der Waals surface area (Å²) in [5.74, 6) is 0.00759. The Balaban J connectivity index is 1.81. The van der Waals surface area contributed by atoms with E-state index in [0.717, 1.165) is 23.4 Å². The van der Waals surface area contributed by atoms with Crippen molar-refractivity contribution in [3.05, 3.63) is 25.6 Å². The van der Waals surface area contributed by atoms with Crippen LogP contribution in [0.25, 0.3) is 0 Å². The standard InChI is InChI=1S/C14H16ClN3OS2/c1-7(2)11-10(17-13(15)21-11)12(19)18-14-16-8-5-3-4-6-9(8)20-14/h7H,3-6H2,1-2H3,(H,16,18,19). The maximum absolute atomic E-state index is 12.4. The number of fused-ring (bicyclic) bond motifs is 1. The molecule has 112 valence electrons. The van der Waals surface area contributed by atoms with Gasteiger partial charge in [-0.25, -0.2) is 9.97 Å². The van der Waals surface area contributed by atoms with E-state index in [2.05, 4.69) is 15.3 Å². The van der Waals surface area contributed by atoms with Crippen LogP contribution in [-0.4, -0.2) is 15.9 Å². The third-order valence-corrected chi connectivity index (χ3v) is 5.97. The average molecular weight is 342 g/mol.